The Kier molecular flexibility index (Phi) is 4.36. The van der Waals surface area contributed by atoms with E-state index in [1.54, 1.807) is 0 Å². The zero-order valence-electron chi connectivity index (χ0n) is 10.9. The molecule has 1 aromatic heterocycles. The van der Waals surface area contributed by atoms with Gasteiger partial charge in [0.2, 0.25) is 0 Å². The summed E-state index contributed by atoms with van der Waals surface area (Å²) in [6, 6.07) is 13.4. The first kappa shape index (κ1) is 13.3. The molecule has 0 amide bonds. The van der Waals surface area contributed by atoms with Gasteiger partial charge < -0.3 is 5.32 Å². The minimum Gasteiger partial charge on any atom is -0.312 e. The predicted molar refractivity (Wildman–Crippen MR) is 85.8 cm³/mol. The number of benzene rings is 1. The maximum atomic E-state index is 3.52. The third-order valence-electron chi connectivity index (χ3n) is 3.53. The van der Waals surface area contributed by atoms with Crippen molar-refractivity contribution in [3.63, 3.8) is 0 Å². The van der Waals surface area contributed by atoms with Crippen LogP contribution in [0.1, 0.15) is 34.8 Å². The average Bonchev–Trinajstić information content (AvgIpc) is 3.19. The van der Waals surface area contributed by atoms with E-state index >= 15 is 0 Å². The van der Waals surface area contributed by atoms with E-state index in [1.165, 1.54) is 32.6 Å². The first-order chi connectivity index (χ1) is 9.31. The summed E-state index contributed by atoms with van der Waals surface area (Å²) >= 11 is 5.32. The summed E-state index contributed by atoms with van der Waals surface area (Å²) in [6.07, 6.45) is 3.87. The number of nitrogens with one attached hydrogen (secondary N) is 1. The normalized spacial score (nSPS) is 14.8. The van der Waals surface area contributed by atoms with Gasteiger partial charge in [0, 0.05) is 18.0 Å². The molecule has 1 aliphatic carbocycles. The Balaban J connectivity index is 1.41. The molecular weight excluding hydrogens is 318 g/mol. The molecule has 1 saturated carbocycles. The Morgan fingerprint density at radius 1 is 1.11 bits per heavy atom. The molecule has 1 N–H and O–H groups in total. The number of hydrogen-bond donors (Lipinski definition) is 1. The lowest BCUT2D eigenvalue weighted by molar-refractivity contribution is 0.690. The molecule has 1 heterocycles. The Bertz CT molecular complexity index is 528. The molecule has 1 fully saturated rings. The quantitative estimate of drug-likeness (QED) is 0.753. The van der Waals surface area contributed by atoms with Gasteiger partial charge in [0.05, 0.1) is 3.79 Å². The van der Waals surface area contributed by atoms with Crippen LogP contribution in [0.3, 0.4) is 0 Å². The van der Waals surface area contributed by atoms with Gasteiger partial charge in [-0.2, -0.15) is 0 Å². The van der Waals surface area contributed by atoms with Crippen molar-refractivity contribution >= 4 is 27.3 Å². The molecule has 0 radical (unpaired) electrons. The standard InChI is InChI=1S/C16H18BrNS/c17-16-8-7-15(19-16)9-10-18-11-12-1-3-13(4-2-12)14-5-6-14/h1-4,7-8,14,18H,5-6,9-11H2. The summed E-state index contributed by atoms with van der Waals surface area (Å²) in [5.41, 5.74) is 2.91. The van der Waals surface area contributed by atoms with Crippen LogP contribution < -0.4 is 5.32 Å². The highest BCUT2D eigenvalue weighted by atomic mass is 79.9. The lowest BCUT2D eigenvalue weighted by Crippen LogP contribution is -2.16. The van der Waals surface area contributed by atoms with Crippen LogP contribution in [-0.4, -0.2) is 6.54 Å². The lowest BCUT2D eigenvalue weighted by atomic mass is 10.1. The highest BCUT2D eigenvalue weighted by Gasteiger charge is 2.22. The van der Waals surface area contributed by atoms with Crippen LogP contribution >= 0.6 is 27.3 Å². The molecule has 1 nitrogen and oxygen atoms in total. The van der Waals surface area contributed by atoms with Gasteiger partial charge in [-0.1, -0.05) is 24.3 Å². The summed E-state index contributed by atoms with van der Waals surface area (Å²) < 4.78 is 1.22. The van der Waals surface area contributed by atoms with Gasteiger partial charge in [0.15, 0.2) is 0 Å². The molecule has 0 unspecified atom stereocenters. The number of halogens is 1. The third-order valence-corrected chi connectivity index (χ3v) is 5.22. The predicted octanol–water partition coefficient (Wildman–Crippen LogP) is 4.72. The van der Waals surface area contributed by atoms with Crippen molar-refractivity contribution in [1.29, 1.82) is 0 Å². The zero-order chi connectivity index (χ0) is 13.1. The van der Waals surface area contributed by atoms with E-state index in [0.717, 1.165) is 25.4 Å². The van der Waals surface area contributed by atoms with Crippen molar-refractivity contribution in [3.05, 3.63) is 56.2 Å². The fourth-order valence-electron chi connectivity index (χ4n) is 2.25. The molecule has 100 valence electrons. The summed E-state index contributed by atoms with van der Waals surface area (Å²) in [5.74, 6) is 0.860. The van der Waals surface area contributed by atoms with Crippen LogP contribution in [0.2, 0.25) is 0 Å². The molecule has 1 aromatic carbocycles. The van der Waals surface area contributed by atoms with Crippen molar-refractivity contribution in [1.82, 2.24) is 5.32 Å². The fraction of sp³-hybridized carbons (Fsp3) is 0.375. The summed E-state index contributed by atoms with van der Waals surface area (Å²) in [5, 5.41) is 3.52. The zero-order valence-corrected chi connectivity index (χ0v) is 13.3. The van der Waals surface area contributed by atoms with Crippen LogP contribution in [0.25, 0.3) is 0 Å². The van der Waals surface area contributed by atoms with Crippen molar-refractivity contribution in [2.24, 2.45) is 0 Å². The number of thiophene rings is 1. The molecule has 3 rings (SSSR count). The minimum atomic E-state index is 0.860. The second-order valence-corrected chi connectivity index (χ2v) is 7.70. The summed E-state index contributed by atoms with van der Waals surface area (Å²) in [6.45, 7) is 2.01. The summed E-state index contributed by atoms with van der Waals surface area (Å²) in [4.78, 5) is 1.43. The Morgan fingerprint density at radius 3 is 2.53 bits per heavy atom. The smallest absolute Gasteiger partial charge is 0.0701 e. The van der Waals surface area contributed by atoms with Crippen LogP contribution in [0.4, 0.5) is 0 Å². The number of hydrogen-bond acceptors (Lipinski definition) is 2. The maximum absolute atomic E-state index is 3.52. The fourth-order valence-corrected chi connectivity index (χ4v) is 3.74. The minimum absolute atomic E-state index is 0.860. The monoisotopic (exact) mass is 335 g/mol. The highest BCUT2D eigenvalue weighted by Crippen LogP contribution is 2.39. The molecule has 19 heavy (non-hydrogen) atoms. The second-order valence-electron chi connectivity index (χ2n) is 5.15. The second kappa shape index (κ2) is 6.21. The molecule has 0 atom stereocenters. The Morgan fingerprint density at radius 2 is 1.89 bits per heavy atom. The molecule has 0 aliphatic heterocycles. The van der Waals surface area contributed by atoms with Crippen molar-refractivity contribution in [2.75, 3.05) is 6.54 Å². The first-order valence-corrected chi connectivity index (χ1v) is 8.46. The van der Waals surface area contributed by atoms with Crippen LogP contribution in [0, 0.1) is 0 Å². The van der Waals surface area contributed by atoms with Gasteiger partial charge >= 0.3 is 0 Å². The molecule has 0 bridgehead atoms. The van der Waals surface area contributed by atoms with Crippen molar-refractivity contribution < 1.29 is 0 Å². The van der Waals surface area contributed by atoms with E-state index in [-0.39, 0.29) is 0 Å². The molecule has 1 aliphatic rings. The van der Waals surface area contributed by atoms with Crippen molar-refractivity contribution in [3.8, 4) is 0 Å². The van der Waals surface area contributed by atoms with E-state index < -0.39 is 0 Å². The van der Waals surface area contributed by atoms with Gasteiger partial charge in [-0.3, -0.25) is 0 Å². The van der Waals surface area contributed by atoms with E-state index in [0.29, 0.717) is 0 Å². The largest absolute Gasteiger partial charge is 0.312 e. The van der Waals surface area contributed by atoms with E-state index in [1.807, 2.05) is 11.3 Å². The van der Waals surface area contributed by atoms with E-state index in [2.05, 4.69) is 57.6 Å². The van der Waals surface area contributed by atoms with Gasteiger partial charge in [0.25, 0.3) is 0 Å². The maximum Gasteiger partial charge on any atom is 0.0701 e. The van der Waals surface area contributed by atoms with Gasteiger partial charge in [-0.15, -0.1) is 11.3 Å². The molecule has 0 spiro atoms. The van der Waals surface area contributed by atoms with Gasteiger partial charge in [-0.25, -0.2) is 0 Å². The molecule has 2 aromatic rings. The first-order valence-electron chi connectivity index (χ1n) is 6.85. The van der Waals surface area contributed by atoms with Gasteiger partial charge in [0.1, 0.15) is 0 Å². The lowest BCUT2D eigenvalue weighted by Gasteiger charge is -2.05. The topological polar surface area (TPSA) is 12.0 Å². The Labute approximate surface area is 127 Å². The SMILES string of the molecule is Brc1ccc(CCNCc2ccc(C3CC3)cc2)s1. The molecule has 0 saturated heterocycles. The Hall–Kier alpha value is -0.640. The average molecular weight is 336 g/mol. The van der Waals surface area contributed by atoms with E-state index in [9.17, 15) is 0 Å². The van der Waals surface area contributed by atoms with Gasteiger partial charge in [-0.05, 0) is 64.4 Å². The van der Waals surface area contributed by atoms with Crippen molar-refractivity contribution in [2.45, 2.75) is 31.7 Å². The van der Waals surface area contributed by atoms with Crippen LogP contribution in [0.15, 0.2) is 40.2 Å². The summed E-state index contributed by atoms with van der Waals surface area (Å²) in [7, 11) is 0. The molecule has 3 heteroatoms. The molecular formula is C16H18BrNS. The van der Waals surface area contributed by atoms with Crippen LogP contribution in [0.5, 0.6) is 0 Å². The number of rotatable bonds is 6. The van der Waals surface area contributed by atoms with Crippen LogP contribution in [-0.2, 0) is 13.0 Å². The van der Waals surface area contributed by atoms with E-state index in [4.69, 9.17) is 0 Å². The highest BCUT2D eigenvalue weighted by molar-refractivity contribution is 9.11. The third kappa shape index (κ3) is 3.91.